The first-order chi connectivity index (χ1) is 12.2. The number of guanidine groups is 1. The highest BCUT2D eigenvalue weighted by Gasteiger charge is 2.21. The van der Waals surface area contributed by atoms with Crippen LogP contribution in [0.5, 0.6) is 0 Å². The normalized spacial score (nSPS) is 18.5. The number of nitrogens with two attached hydrogens (primary N) is 1. The summed E-state index contributed by atoms with van der Waals surface area (Å²) in [5.41, 5.74) is 7.27. The highest BCUT2D eigenvalue weighted by molar-refractivity contribution is 14.0. The number of carbonyl (C=O) groups is 1. The molecule has 0 saturated carbocycles. The number of piperidine rings is 1. The molecule has 0 radical (unpaired) electrons. The Bertz CT molecular complexity index is 581. The molecule has 2 N–H and O–H groups in total. The van der Waals surface area contributed by atoms with Gasteiger partial charge in [-0.05, 0) is 31.4 Å². The second kappa shape index (κ2) is 10.6. The highest BCUT2D eigenvalue weighted by Crippen LogP contribution is 2.16. The van der Waals surface area contributed by atoms with Crippen LogP contribution in [0.1, 0.15) is 25.7 Å². The zero-order chi connectivity index (χ0) is 17.5. The maximum Gasteiger partial charge on any atom is 0.224 e. The van der Waals surface area contributed by atoms with Gasteiger partial charge in [-0.1, -0.05) is 18.2 Å². The van der Waals surface area contributed by atoms with Gasteiger partial charge in [0.2, 0.25) is 5.91 Å². The van der Waals surface area contributed by atoms with Gasteiger partial charge in [-0.3, -0.25) is 9.79 Å². The van der Waals surface area contributed by atoms with Crippen LogP contribution in [0.25, 0.3) is 0 Å². The van der Waals surface area contributed by atoms with Crippen LogP contribution in [0.2, 0.25) is 0 Å². The van der Waals surface area contributed by atoms with E-state index in [-0.39, 0.29) is 29.9 Å². The molecule has 2 saturated heterocycles. The van der Waals surface area contributed by atoms with Crippen molar-refractivity contribution in [1.82, 2.24) is 9.80 Å². The standard InChI is InChI=1S/C19H29N5O.HI/c20-19(24-11-5-2-6-12-24)21-10-9-18(25)23-15-13-22(14-16-23)17-7-3-1-4-8-17;/h1,3-4,7-8H,2,5-6,9-16H2,(H2,20,21);1H. The number of hydrogen-bond acceptors (Lipinski definition) is 3. The lowest BCUT2D eigenvalue weighted by atomic mass is 10.1. The number of rotatable bonds is 4. The molecule has 2 aliphatic heterocycles. The van der Waals surface area contributed by atoms with Crippen LogP contribution in [-0.2, 0) is 4.79 Å². The number of nitrogens with zero attached hydrogens (tertiary/aromatic N) is 4. The first-order valence-electron chi connectivity index (χ1n) is 9.37. The zero-order valence-corrected chi connectivity index (χ0v) is 17.7. The minimum atomic E-state index is 0. The third-order valence-electron chi connectivity index (χ3n) is 5.03. The summed E-state index contributed by atoms with van der Waals surface area (Å²) in [5.74, 6) is 0.782. The van der Waals surface area contributed by atoms with Gasteiger partial charge in [0.1, 0.15) is 0 Å². The molecule has 0 aromatic heterocycles. The van der Waals surface area contributed by atoms with Crippen LogP contribution < -0.4 is 10.6 Å². The van der Waals surface area contributed by atoms with E-state index in [9.17, 15) is 4.79 Å². The maximum atomic E-state index is 12.4. The Morgan fingerprint density at radius 2 is 1.58 bits per heavy atom. The molecule has 1 aromatic rings. The van der Waals surface area contributed by atoms with E-state index >= 15 is 0 Å². The van der Waals surface area contributed by atoms with Crippen molar-refractivity contribution in [2.45, 2.75) is 25.7 Å². The van der Waals surface area contributed by atoms with Gasteiger partial charge in [0.15, 0.2) is 5.96 Å². The van der Waals surface area contributed by atoms with Gasteiger partial charge in [-0.15, -0.1) is 24.0 Å². The minimum absolute atomic E-state index is 0. The fourth-order valence-corrected chi connectivity index (χ4v) is 3.50. The fraction of sp³-hybridized carbons (Fsp3) is 0.579. The average Bonchev–Trinajstić information content (AvgIpc) is 2.69. The predicted molar refractivity (Wildman–Crippen MR) is 117 cm³/mol. The third kappa shape index (κ3) is 5.75. The van der Waals surface area contributed by atoms with Crippen LogP contribution in [0.15, 0.2) is 35.3 Å². The number of likely N-dealkylation sites (tertiary alicyclic amines) is 1. The number of benzene rings is 1. The number of aliphatic imine (C=N–C) groups is 1. The number of para-hydroxylation sites is 1. The molecule has 7 heteroatoms. The van der Waals surface area contributed by atoms with Crippen LogP contribution in [0.4, 0.5) is 5.69 Å². The molecule has 144 valence electrons. The summed E-state index contributed by atoms with van der Waals surface area (Å²) >= 11 is 0. The Hall–Kier alpha value is -1.51. The molecule has 0 bridgehead atoms. The summed E-state index contributed by atoms with van der Waals surface area (Å²) < 4.78 is 0. The molecule has 2 fully saturated rings. The van der Waals surface area contributed by atoms with Crippen molar-refractivity contribution < 1.29 is 4.79 Å². The molecule has 0 atom stereocenters. The second-order valence-corrected chi connectivity index (χ2v) is 6.74. The molecule has 26 heavy (non-hydrogen) atoms. The van der Waals surface area contributed by atoms with Crippen LogP contribution in [0.3, 0.4) is 0 Å². The molecular formula is C19H30IN5O. The number of anilines is 1. The Balaban J connectivity index is 0.00000243. The monoisotopic (exact) mass is 471 g/mol. The molecule has 0 unspecified atom stereocenters. The summed E-state index contributed by atoms with van der Waals surface area (Å²) in [7, 11) is 0. The first kappa shape index (κ1) is 20.8. The van der Waals surface area contributed by atoms with Crippen molar-refractivity contribution in [2.75, 3.05) is 50.7 Å². The largest absolute Gasteiger partial charge is 0.370 e. The number of piperazine rings is 1. The van der Waals surface area contributed by atoms with Crippen molar-refractivity contribution in [3.63, 3.8) is 0 Å². The summed E-state index contributed by atoms with van der Waals surface area (Å²) in [6.45, 7) is 5.79. The first-order valence-corrected chi connectivity index (χ1v) is 9.37. The molecule has 0 spiro atoms. The lowest BCUT2D eigenvalue weighted by molar-refractivity contribution is -0.131. The van der Waals surface area contributed by atoms with Crippen molar-refractivity contribution in [2.24, 2.45) is 10.7 Å². The summed E-state index contributed by atoms with van der Waals surface area (Å²) in [5, 5.41) is 0. The second-order valence-electron chi connectivity index (χ2n) is 6.74. The van der Waals surface area contributed by atoms with Crippen molar-refractivity contribution in [1.29, 1.82) is 0 Å². The van der Waals surface area contributed by atoms with Gasteiger partial charge < -0.3 is 20.4 Å². The lowest BCUT2D eigenvalue weighted by Gasteiger charge is -2.36. The van der Waals surface area contributed by atoms with E-state index < -0.39 is 0 Å². The molecule has 3 rings (SSSR count). The fourth-order valence-electron chi connectivity index (χ4n) is 3.50. The molecule has 6 nitrogen and oxygen atoms in total. The molecule has 1 amide bonds. The molecule has 2 aliphatic rings. The Morgan fingerprint density at radius 3 is 2.23 bits per heavy atom. The van der Waals surface area contributed by atoms with Gasteiger partial charge >= 0.3 is 0 Å². The van der Waals surface area contributed by atoms with Gasteiger partial charge in [-0.25, -0.2) is 0 Å². The van der Waals surface area contributed by atoms with Gasteiger partial charge in [-0.2, -0.15) is 0 Å². The van der Waals surface area contributed by atoms with Gasteiger partial charge in [0.05, 0.1) is 6.54 Å². The zero-order valence-electron chi connectivity index (χ0n) is 15.3. The topological polar surface area (TPSA) is 65.2 Å². The SMILES string of the molecule is I.NC(=NCCC(=O)N1CCN(c2ccccc2)CC1)N1CCCCC1. The van der Waals surface area contributed by atoms with Crippen molar-refractivity contribution >= 4 is 41.5 Å². The Kier molecular flexibility index (Phi) is 8.47. The lowest BCUT2D eigenvalue weighted by Crippen LogP contribution is -2.49. The van der Waals surface area contributed by atoms with E-state index in [0.717, 1.165) is 39.3 Å². The van der Waals surface area contributed by atoms with Crippen LogP contribution >= 0.6 is 24.0 Å². The van der Waals surface area contributed by atoms with Gasteiger partial charge in [0, 0.05) is 51.4 Å². The number of hydrogen-bond donors (Lipinski definition) is 1. The number of carbonyl (C=O) groups excluding carboxylic acids is 1. The van der Waals surface area contributed by atoms with E-state index in [1.165, 1.54) is 24.9 Å². The van der Waals surface area contributed by atoms with Crippen LogP contribution in [-0.4, -0.2) is 67.5 Å². The average molecular weight is 471 g/mol. The van der Waals surface area contributed by atoms with Crippen molar-refractivity contribution in [3.05, 3.63) is 30.3 Å². The number of halogens is 1. The van der Waals surface area contributed by atoms with E-state index in [1.54, 1.807) is 0 Å². The maximum absolute atomic E-state index is 12.4. The Labute approximate surface area is 173 Å². The molecule has 0 aliphatic carbocycles. The Morgan fingerprint density at radius 1 is 0.923 bits per heavy atom. The highest BCUT2D eigenvalue weighted by atomic mass is 127. The molecule has 1 aromatic carbocycles. The van der Waals surface area contributed by atoms with Crippen molar-refractivity contribution in [3.8, 4) is 0 Å². The number of amides is 1. The third-order valence-corrected chi connectivity index (χ3v) is 5.03. The summed E-state index contributed by atoms with van der Waals surface area (Å²) in [6.07, 6.45) is 4.08. The molecular weight excluding hydrogens is 441 g/mol. The minimum Gasteiger partial charge on any atom is -0.370 e. The summed E-state index contributed by atoms with van der Waals surface area (Å²) in [4.78, 5) is 23.2. The van der Waals surface area contributed by atoms with E-state index in [4.69, 9.17) is 5.73 Å². The smallest absolute Gasteiger partial charge is 0.224 e. The van der Waals surface area contributed by atoms with Gasteiger partial charge in [0.25, 0.3) is 0 Å². The van der Waals surface area contributed by atoms with Crippen LogP contribution in [0, 0.1) is 0 Å². The van der Waals surface area contributed by atoms with E-state index in [0.29, 0.717) is 18.9 Å². The molecule has 2 heterocycles. The predicted octanol–water partition coefficient (Wildman–Crippen LogP) is 2.14. The van der Waals surface area contributed by atoms with E-state index in [2.05, 4.69) is 39.1 Å². The quantitative estimate of drug-likeness (QED) is 0.415. The van der Waals surface area contributed by atoms with E-state index in [1.807, 2.05) is 11.0 Å². The summed E-state index contributed by atoms with van der Waals surface area (Å²) in [6, 6.07) is 10.4.